The molecule has 3 aromatic heterocycles. The van der Waals surface area contributed by atoms with Gasteiger partial charge in [0, 0.05) is 15.3 Å². The highest BCUT2D eigenvalue weighted by Gasteiger charge is 2.34. The summed E-state index contributed by atoms with van der Waals surface area (Å²) in [6.45, 7) is 0.235. The normalized spacial score (nSPS) is 13.2. The molecule has 130 valence electrons. The van der Waals surface area contributed by atoms with Gasteiger partial charge in [0.1, 0.15) is 5.60 Å². The van der Waals surface area contributed by atoms with Crippen LogP contribution in [-0.4, -0.2) is 23.5 Å². The van der Waals surface area contributed by atoms with Crippen molar-refractivity contribution in [3.63, 3.8) is 0 Å². The van der Waals surface area contributed by atoms with Crippen LogP contribution < -0.4 is 10.6 Å². The van der Waals surface area contributed by atoms with Crippen molar-refractivity contribution in [3.8, 4) is 0 Å². The third-order valence-corrected chi connectivity index (χ3v) is 6.22. The minimum Gasteiger partial charge on any atom is -0.378 e. The maximum Gasteiger partial charge on any atom is 0.309 e. The summed E-state index contributed by atoms with van der Waals surface area (Å²) >= 11 is 4.37. The van der Waals surface area contributed by atoms with Crippen LogP contribution in [0.3, 0.4) is 0 Å². The fourth-order valence-corrected chi connectivity index (χ4v) is 4.51. The summed E-state index contributed by atoms with van der Waals surface area (Å²) < 4.78 is 0. The maximum absolute atomic E-state index is 12.1. The second-order valence-corrected chi connectivity index (χ2v) is 8.05. The number of hydrogen-bond donors (Lipinski definition) is 3. The minimum absolute atomic E-state index is 0.0739. The van der Waals surface area contributed by atoms with E-state index in [1.165, 1.54) is 34.0 Å². The highest BCUT2D eigenvalue weighted by Crippen LogP contribution is 2.33. The van der Waals surface area contributed by atoms with Crippen molar-refractivity contribution in [1.82, 2.24) is 10.6 Å². The molecule has 0 aliphatic rings. The SMILES string of the molecule is O=C(NCc1cccs1)C(=O)NC[C@](O)(c1ccsc1)c1cccs1. The fraction of sp³-hybridized carbons (Fsp3) is 0.176. The first-order valence-corrected chi connectivity index (χ1v) is 10.2. The van der Waals surface area contributed by atoms with Crippen LogP contribution in [0.25, 0.3) is 0 Å². The molecule has 1 atom stereocenters. The van der Waals surface area contributed by atoms with E-state index in [0.29, 0.717) is 17.0 Å². The van der Waals surface area contributed by atoms with E-state index in [0.717, 1.165) is 4.88 Å². The van der Waals surface area contributed by atoms with E-state index >= 15 is 0 Å². The van der Waals surface area contributed by atoms with E-state index < -0.39 is 17.4 Å². The third-order valence-electron chi connectivity index (χ3n) is 3.64. The Labute approximate surface area is 157 Å². The topological polar surface area (TPSA) is 78.4 Å². The van der Waals surface area contributed by atoms with E-state index in [-0.39, 0.29) is 6.54 Å². The maximum atomic E-state index is 12.1. The van der Waals surface area contributed by atoms with Crippen molar-refractivity contribution >= 4 is 45.8 Å². The summed E-state index contributed by atoms with van der Waals surface area (Å²) in [6.07, 6.45) is 0. The lowest BCUT2D eigenvalue weighted by atomic mass is 9.94. The van der Waals surface area contributed by atoms with E-state index in [9.17, 15) is 14.7 Å². The number of hydrogen-bond acceptors (Lipinski definition) is 6. The molecule has 3 N–H and O–H groups in total. The van der Waals surface area contributed by atoms with Crippen molar-refractivity contribution in [3.05, 3.63) is 67.2 Å². The molecular formula is C17H16N2O3S3. The van der Waals surface area contributed by atoms with Gasteiger partial charge in [-0.3, -0.25) is 9.59 Å². The zero-order valence-electron chi connectivity index (χ0n) is 13.1. The van der Waals surface area contributed by atoms with Gasteiger partial charge >= 0.3 is 11.8 Å². The Hall–Kier alpha value is -2.00. The minimum atomic E-state index is -1.35. The van der Waals surface area contributed by atoms with Gasteiger partial charge < -0.3 is 15.7 Å². The van der Waals surface area contributed by atoms with Crippen LogP contribution in [0.5, 0.6) is 0 Å². The molecule has 2 amide bonds. The Morgan fingerprint density at radius 3 is 2.40 bits per heavy atom. The Bertz CT molecular complexity index is 777. The average Bonchev–Trinajstić information content (AvgIpc) is 3.38. The summed E-state index contributed by atoms with van der Waals surface area (Å²) in [5.74, 6) is -1.48. The molecule has 0 radical (unpaired) electrons. The van der Waals surface area contributed by atoms with Gasteiger partial charge in [-0.05, 0) is 39.7 Å². The van der Waals surface area contributed by atoms with E-state index in [2.05, 4.69) is 10.6 Å². The number of carbonyl (C=O) groups is 2. The molecule has 0 saturated heterocycles. The predicted octanol–water partition coefficient (Wildman–Crippen LogP) is 2.54. The molecule has 25 heavy (non-hydrogen) atoms. The van der Waals surface area contributed by atoms with Crippen LogP contribution in [0.4, 0.5) is 0 Å². The number of thiophene rings is 3. The molecular weight excluding hydrogens is 376 g/mol. The first-order valence-electron chi connectivity index (χ1n) is 7.47. The van der Waals surface area contributed by atoms with Crippen LogP contribution in [0.15, 0.2) is 51.9 Å². The van der Waals surface area contributed by atoms with Crippen LogP contribution in [0.2, 0.25) is 0 Å². The van der Waals surface area contributed by atoms with Gasteiger partial charge in [-0.25, -0.2) is 0 Å². The Kier molecular flexibility index (Phi) is 5.64. The first kappa shape index (κ1) is 17.8. The molecule has 3 heterocycles. The summed E-state index contributed by atoms with van der Waals surface area (Å²) in [5, 5.41) is 23.7. The van der Waals surface area contributed by atoms with Gasteiger partial charge in [-0.2, -0.15) is 11.3 Å². The Morgan fingerprint density at radius 2 is 1.76 bits per heavy atom. The molecule has 3 aromatic rings. The molecule has 0 aliphatic carbocycles. The second-order valence-electron chi connectivity index (χ2n) is 5.29. The average molecular weight is 393 g/mol. The second kappa shape index (κ2) is 7.92. The van der Waals surface area contributed by atoms with E-state index in [1.807, 2.05) is 51.9 Å². The van der Waals surface area contributed by atoms with Crippen LogP contribution in [0, 0.1) is 0 Å². The number of aliphatic hydroxyl groups is 1. The zero-order valence-corrected chi connectivity index (χ0v) is 15.5. The summed E-state index contributed by atoms with van der Waals surface area (Å²) in [6, 6.07) is 9.23. The zero-order chi connectivity index (χ0) is 17.7. The van der Waals surface area contributed by atoms with Crippen molar-refractivity contribution in [2.24, 2.45) is 0 Å². The van der Waals surface area contributed by atoms with Gasteiger partial charge in [0.15, 0.2) is 0 Å². The molecule has 0 fully saturated rings. The smallest absolute Gasteiger partial charge is 0.309 e. The Balaban J connectivity index is 1.63. The molecule has 3 rings (SSSR count). The number of nitrogens with one attached hydrogen (secondary N) is 2. The quantitative estimate of drug-likeness (QED) is 0.564. The highest BCUT2D eigenvalue weighted by molar-refractivity contribution is 7.10. The van der Waals surface area contributed by atoms with Crippen molar-refractivity contribution in [1.29, 1.82) is 0 Å². The highest BCUT2D eigenvalue weighted by atomic mass is 32.1. The number of amides is 2. The van der Waals surface area contributed by atoms with Crippen LogP contribution in [-0.2, 0) is 21.7 Å². The lowest BCUT2D eigenvalue weighted by molar-refractivity contribution is -0.139. The Morgan fingerprint density at radius 1 is 1.00 bits per heavy atom. The van der Waals surface area contributed by atoms with Crippen molar-refractivity contribution in [2.45, 2.75) is 12.1 Å². The van der Waals surface area contributed by atoms with Crippen LogP contribution >= 0.6 is 34.0 Å². The standard InChI is InChI=1S/C17H16N2O3S3/c20-15(18-9-13-3-1-6-24-13)16(21)19-11-17(22,12-5-8-23-10-12)14-4-2-7-25-14/h1-8,10,22H,9,11H2,(H,18,20)(H,19,21)/t17-/m0/s1. The lowest BCUT2D eigenvalue weighted by Gasteiger charge is -2.26. The third kappa shape index (κ3) is 4.16. The molecule has 0 spiro atoms. The van der Waals surface area contributed by atoms with Gasteiger partial charge in [0.2, 0.25) is 0 Å². The molecule has 8 heteroatoms. The largest absolute Gasteiger partial charge is 0.378 e. The molecule has 0 aliphatic heterocycles. The monoisotopic (exact) mass is 392 g/mol. The lowest BCUT2D eigenvalue weighted by Crippen LogP contribution is -2.46. The van der Waals surface area contributed by atoms with Gasteiger partial charge in [-0.15, -0.1) is 22.7 Å². The molecule has 0 bridgehead atoms. The van der Waals surface area contributed by atoms with Crippen molar-refractivity contribution < 1.29 is 14.7 Å². The van der Waals surface area contributed by atoms with E-state index in [4.69, 9.17) is 0 Å². The first-order chi connectivity index (χ1) is 12.1. The van der Waals surface area contributed by atoms with E-state index in [1.54, 1.807) is 0 Å². The number of carbonyl (C=O) groups excluding carboxylic acids is 2. The number of rotatable bonds is 6. The molecule has 0 unspecified atom stereocenters. The van der Waals surface area contributed by atoms with Crippen LogP contribution in [0.1, 0.15) is 15.3 Å². The summed E-state index contributed by atoms with van der Waals surface area (Å²) in [7, 11) is 0. The fourth-order valence-electron chi connectivity index (χ4n) is 2.29. The predicted molar refractivity (Wildman–Crippen MR) is 101 cm³/mol. The summed E-state index contributed by atoms with van der Waals surface area (Å²) in [5.41, 5.74) is -0.656. The summed E-state index contributed by atoms with van der Waals surface area (Å²) in [4.78, 5) is 25.7. The van der Waals surface area contributed by atoms with Gasteiger partial charge in [0.05, 0.1) is 13.1 Å². The molecule has 5 nitrogen and oxygen atoms in total. The van der Waals surface area contributed by atoms with Gasteiger partial charge in [0.25, 0.3) is 0 Å². The van der Waals surface area contributed by atoms with Crippen molar-refractivity contribution in [2.75, 3.05) is 6.54 Å². The van der Waals surface area contributed by atoms with Gasteiger partial charge in [-0.1, -0.05) is 12.1 Å². The molecule has 0 aromatic carbocycles. The molecule has 0 saturated carbocycles.